The first-order valence-corrected chi connectivity index (χ1v) is 13.5. The molecule has 42 heavy (non-hydrogen) atoms. The Balaban J connectivity index is 1.46. The van der Waals surface area contributed by atoms with Crippen molar-refractivity contribution in [2.24, 2.45) is 0 Å². The van der Waals surface area contributed by atoms with E-state index in [4.69, 9.17) is 0 Å². The monoisotopic (exact) mass is 570 g/mol. The third-order valence-electron chi connectivity index (χ3n) is 8.01. The Labute approximate surface area is 240 Å². The number of carbonyl (C=O) groups excluding carboxylic acids is 3. The lowest BCUT2D eigenvalue weighted by Gasteiger charge is -2.45. The average molecular weight is 571 g/mol. The van der Waals surface area contributed by atoms with Gasteiger partial charge in [0.15, 0.2) is 5.78 Å². The van der Waals surface area contributed by atoms with Crippen LogP contribution in [0.3, 0.4) is 0 Å². The van der Waals surface area contributed by atoms with Gasteiger partial charge in [0.1, 0.15) is 6.54 Å². The van der Waals surface area contributed by atoms with E-state index in [0.29, 0.717) is 42.8 Å². The van der Waals surface area contributed by atoms with E-state index in [1.807, 2.05) is 30.3 Å². The number of halogens is 3. The molecule has 3 aromatic rings. The summed E-state index contributed by atoms with van der Waals surface area (Å²) in [4.78, 5) is 45.6. The molecule has 212 valence electrons. The van der Waals surface area contributed by atoms with Crippen molar-refractivity contribution in [2.75, 3.05) is 11.4 Å². The molecule has 10 heteroatoms. The number of hydrogen-bond acceptors (Lipinski definition) is 4. The zero-order chi connectivity index (χ0) is 29.6. The summed E-state index contributed by atoms with van der Waals surface area (Å²) in [7, 11) is 0. The van der Waals surface area contributed by atoms with Gasteiger partial charge in [-0.1, -0.05) is 42.5 Å². The van der Waals surface area contributed by atoms with Gasteiger partial charge in [-0.15, -0.1) is 0 Å². The predicted octanol–water partition coefficient (Wildman–Crippen LogP) is 6.11. The van der Waals surface area contributed by atoms with Crippen LogP contribution in [0.15, 0.2) is 84.1 Å². The van der Waals surface area contributed by atoms with Crippen molar-refractivity contribution in [1.82, 2.24) is 9.80 Å². The van der Waals surface area contributed by atoms with Crippen LogP contribution in [0.1, 0.15) is 53.1 Å². The summed E-state index contributed by atoms with van der Waals surface area (Å²) in [6, 6.07) is 18.9. The van der Waals surface area contributed by atoms with Crippen molar-refractivity contribution in [1.29, 1.82) is 5.26 Å². The largest absolute Gasteiger partial charge is 0.416 e. The number of allylic oxidation sites excluding steroid dienone is 1. The molecule has 7 nitrogen and oxygen atoms in total. The summed E-state index contributed by atoms with van der Waals surface area (Å²) in [6.45, 7) is 0.336. The van der Waals surface area contributed by atoms with Gasteiger partial charge in [0.05, 0.1) is 28.9 Å². The number of hydrogen-bond donors (Lipinski definition) is 0. The highest BCUT2D eigenvalue weighted by Gasteiger charge is 2.46. The van der Waals surface area contributed by atoms with Gasteiger partial charge in [0, 0.05) is 30.8 Å². The minimum atomic E-state index is -4.64. The zero-order valence-corrected chi connectivity index (χ0v) is 22.4. The Bertz CT molecular complexity index is 1650. The maximum Gasteiger partial charge on any atom is 0.416 e. The van der Waals surface area contributed by atoms with Crippen molar-refractivity contribution >= 4 is 23.4 Å². The smallest absolute Gasteiger partial charge is 0.332 e. The van der Waals surface area contributed by atoms with Crippen LogP contribution in [-0.2, 0) is 28.9 Å². The number of anilines is 1. The summed E-state index contributed by atoms with van der Waals surface area (Å²) < 4.78 is 41.0. The molecule has 0 spiro atoms. The Morgan fingerprint density at radius 3 is 2.26 bits per heavy atom. The molecule has 1 aliphatic carbocycles. The minimum absolute atomic E-state index is 0.0265. The van der Waals surface area contributed by atoms with Gasteiger partial charge in [-0.05, 0) is 59.9 Å². The number of alkyl halides is 3. The van der Waals surface area contributed by atoms with E-state index >= 15 is 0 Å². The molecule has 0 bridgehead atoms. The fraction of sp³-hybridized carbons (Fsp3) is 0.250. The molecule has 1 unspecified atom stereocenters. The van der Waals surface area contributed by atoms with E-state index in [9.17, 15) is 32.8 Å². The van der Waals surface area contributed by atoms with E-state index in [-0.39, 0.29) is 29.4 Å². The van der Waals surface area contributed by atoms with Crippen molar-refractivity contribution in [3.05, 3.63) is 112 Å². The number of nitrogens with zero attached hydrogens (tertiary/aromatic N) is 4. The number of nitriles is 1. The van der Waals surface area contributed by atoms with Crippen LogP contribution in [0, 0.1) is 11.3 Å². The summed E-state index contributed by atoms with van der Waals surface area (Å²) in [6.07, 6.45) is -3.69. The molecule has 0 N–H and O–H groups in total. The topological polar surface area (TPSA) is 84.7 Å². The molecule has 0 saturated heterocycles. The summed E-state index contributed by atoms with van der Waals surface area (Å²) >= 11 is 0. The van der Waals surface area contributed by atoms with E-state index in [0.717, 1.165) is 28.2 Å². The number of ketones is 1. The van der Waals surface area contributed by atoms with Crippen LogP contribution in [-0.4, -0.2) is 34.1 Å². The predicted molar refractivity (Wildman–Crippen MR) is 147 cm³/mol. The molecule has 3 amide bonds. The molecule has 2 heterocycles. The quantitative estimate of drug-likeness (QED) is 0.379. The molecule has 6 rings (SSSR count). The average Bonchev–Trinajstić information content (AvgIpc) is 3.42. The van der Waals surface area contributed by atoms with E-state index in [2.05, 4.69) is 0 Å². The first-order valence-electron chi connectivity index (χ1n) is 13.5. The van der Waals surface area contributed by atoms with E-state index in [1.165, 1.54) is 17.0 Å². The molecule has 0 aromatic heterocycles. The number of carbonyl (C=O) groups is 3. The Morgan fingerprint density at radius 1 is 0.929 bits per heavy atom. The first-order chi connectivity index (χ1) is 20.2. The van der Waals surface area contributed by atoms with Gasteiger partial charge in [-0.2, -0.15) is 18.4 Å². The Hall–Kier alpha value is -4.91. The Kier molecular flexibility index (Phi) is 6.81. The van der Waals surface area contributed by atoms with Crippen LogP contribution >= 0.6 is 0 Å². The second-order valence-electron chi connectivity index (χ2n) is 10.6. The van der Waals surface area contributed by atoms with Crippen LogP contribution in [0.5, 0.6) is 0 Å². The number of urea groups is 1. The van der Waals surface area contributed by atoms with E-state index < -0.39 is 30.4 Å². The van der Waals surface area contributed by atoms with Gasteiger partial charge < -0.3 is 9.80 Å². The van der Waals surface area contributed by atoms with Crippen LogP contribution in [0.25, 0.3) is 0 Å². The lowest BCUT2D eigenvalue weighted by atomic mass is 9.83. The van der Waals surface area contributed by atoms with Gasteiger partial charge >= 0.3 is 12.2 Å². The number of Topliss-reactive ketones (excluding diaryl/α,β-unsaturated/α-hetero) is 1. The second kappa shape index (κ2) is 10.5. The van der Waals surface area contributed by atoms with Crippen LogP contribution in [0.2, 0.25) is 0 Å². The molecular formula is C32H25F3N4O3. The summed E-state index contributed by atoms with van der Waals surface area (Å²) in [5.41, 5.74) is 2.57. The van der Waals surface area contributed by atoms with Crippen LogP contribution in [0.4, 0.5) is 23.7 Å². The Morgan fingerprint density at radius 2 is 1.62 bits per heavy atom. The highest BCUT2D eigenvalue weighted by Crippen LogP contribution is 2.45. The molecule has 3 aliphatic rings. The molecule has 1 atom stereocenters. The number of rotatable bonds is 4. The molecule has 0 saturated carbocycles. The minimum Gasteiger partial charge on any atom is -0.332 e. The molecule has 0 radical (unpaired) electrons. The molecule has 3 aromatic carbocycles. The number of benzene rings is 3. The summed E-state index contributed by atoms with van der Waals surface area (Å²) in [5, 5.41) is 9.30. The fourth-order valence-electron chi connectivity index (χ4n) is 5.99. The normalized spacial score (nSPS) is 18.6. The lowest BCUT2D eigenvalue weighted by molar-refractivity contribution is -0.137. The second-order valence-corrected chi connectivity index (χ2v) is 10.6. The van der Waals surface area contributed by atoms with Crippen LogP contribution < -0.4 is 4.90 Å². The van der Waals surface area contributed by atoms with Gasteiger partial charge in [-0.25, -0.2) is 4.79 Å². The third kappa shape index (κ3) is 4.81. The lowest BCUT2D eigenvalue weighted by Crippen LogP contribution is -2.54. The zero-order valence-electron chi connectivity index (χ0n) is 22.4. The summed E-state index contributed by atoms with van der Waals surface area (Å²) in [5.74, 6) is -0.587. The van der Waals surface area contributed by atoms with Gasteiger partial charge in [0.25, 0.3) is 0 Å². The standard InChI is InChI=1S/C32H25F3N4O3/c33-32(34,35)24-7-3-8-25(15-24)39-26-9-4-10-27(40)29(26)30(21-13-11-20(16-36)12-14-21)38(31(39)42)19-28(41)37-17-22-5-1-2-6-23(22)18-37/h1-3,5-8,11-15,30H,4,9-10,17-19H2. The van der Waals surface area contributed by atoms with E-state index in [1.54, 1.807) is 29.2 Å². The van der Waals surface area contributed by atoms with Gasteiger partial charge in [-0.3, -0.25) is 14.5 Å². The first kappa shape index (κ1) is 27.3. The number of amides is 3. The molecule has 2 aliphatic heterocycles. The fourth-order valence-corrected chi connectivity index (χ4v) is 5.99. The highest BCUT2D eigenvalue weighted by atomic mass is 19.4. The third-order valence-corrected chi connectivity index (χ3v) is 8.01. The van der Waals surface area contributed by atoms with Crippen molar-refractivity contribution < 1.29 is 27.6 Å². The van der Waals surface area contributed by atoms with Gasteiger partial charge in [0.2, 0.25) is 5.91 Å². The molecule has 0 fully saturated rings. The maximum absolute atomic E-state index is 14.3. The van der Waals surface area contributed by atoms with Crippen molar-refractivity contribution in [2.45, 2.75) is 44.6 Å². The maximum atomic E-state index is 14.3. The van der Waals surface area contributed by atoms with Crippen molar-refractivity contribution in [3.63, 3.8) is 0 Å². The highest BCUT2D eigenvalue weighted by molar-refractivity contribution is 6.07. The SMILES string of the molecule is N#Cc1ccc(C2C3=C(CCCC3=O)N(c3cccc(C(F)(F)F)c3)C(=O)N2CC(=O)N2Cc3ccccc3C2)cc1. The van der Waals surface area contributed by atoms with Crippen molar-refractivity contribution in [3.8, 4) is 6.07 Å². The molecular weight excluding hydrogens is 545 g/mol. The number of fused-ring (bicyclic) bond motifs is 1.